The molecular weight excluding hydrogens is 328 g/mol. The Bertz CT molecular complexity index is 986. The molecule has 2 heterocycles. The molecule has 3 aromatic rings. The molecule has 6 nitrogen and oxygen atoms in total. The highest BCUT2D eigenvalue weighted by Crippen LogP contribution is 2.23. The number of carbonyl (C=O) groups is 1. The molecule has 26 heavy (non-hydrogen) atoms. The van der Waals surface area contributed by atoms with Gasteiger partial charge in [-0.15, -0.1) is 0 Å². The van der Waals surface area contributed by atoms with Crippen LogP contribution in [-0.4, -0.2) is 26.8 Å². The van der Waals surface area contributed by atoms with E-state index in [2.05, 4.69) is 27.1 Å². The number of carbonyl (C=O) groups excluding carboxylic acids is 1. The third-order valence-corrected chi connectivity index (χ3v) is 4.65. The molecule has 0 saturated carbocycles. The van der Waals surface area contributed by atoms with Gasteiger partial charge in [0.15, 0.2) is 0 Å². The highest BCUT2D eigenvalue weighted by Gasteiger charge is 2.17. The minimum absolute atomic E-state index is 0.0584. The predicted molar refractivity (Wildman–Crippen MR) is 102 cm³/mol. The highest BCUT2D eigenvalue weighted by molar-refractivity contribution is 5.87. The van der Waals surface area contributed by atoms with Crippen LogP contribution in [0, 0.1) is 13.8 Å². The number of nitrogens with one attached hydrogen (secondary N) is 1. The summed E-state index contributed by atoms with van der Waals surface area (Å²) in [6, 6.07) is 10.1. The van der Waals surface area contributed by atoms with Gasteiger partial charge in [0.25, 0.3) is 5.56 Å². The maximum atomic E-state index is 12.9. The van der Waals surface area contributed by atoms with Crippen molar-refractivity contribution in [2.24, 2.45) is 0 Å². The number of rotatable bonds is 6. The van der Waals surface area contributed by atoms with Gasteiger partial charge in [-0.2, -0.15) is 5.10 Å². The zero-order valence-electron chi connectivity index (χ0n) is 15.5. The fourth-order valence-corrected chi connectivity index (χ4v) is 3.22. The summed E-state index contributed by atoms with van der Waals surface area (Å²) in [6.07, 6.45) is 2.54. The van der Waals surface area contributed by atoms with E-state index in [4.69, 9.17) is 0 Å². The van der Waals surface area contributed by atoms with Gasteiger partial charge < -0.3 is 9.88 Å². The molecule has 0 bridgehead atoms. The van der Waals surface area contributed by atoms with Crippen LogP contribution in [0.25, 0.3) is 10.8 Å². The predicted octanol–water partition coefficient (Wildman–Crippen LogP) is 2.39. The first-order valence-electron chi connectivity index (χ1n) is 8.89. The van der Waals surface area contributed by atoms with Crippen LogP contribution < -0.4 is 10.9 Å². The molecule has 0 aliphatic rings. The third kappa shape index (κ3) is 3.40. The Morgan fingerprint density at radius 3 is 2.58 bits per heavy atom. The maximum Gasteiger partial charge on any atom is 0.276 e. The van der Waals surface area contributed by atoms with E-state index >= 15 is 0 Å². The third-order valence-electron chi connectivity index (χ3n) is 4.65. The van der Waals surface area contributed by atoms with Crippen LogP contribution in [0.4, 0.5) is 0 Å². The second-order valence-corrected chi connectivity index (χ2v) is 6.49. The first-order chi connectivity index (χ1) is 12.5. The molecule has 1 aromatic carbocycles. The minimum atomic E-state index is -0.221. The van der Waals surface area contributed by atoms with Crippen LogP contribution in [0.2, 0.25) is 0 Å². The van der Waals surface area contributed by atoms with Crippen LogP contribution in [0.5, 0.6) is 0 Å². The van der Waals surface area contributed by atoms with Gasteiger partial charge >= 0.3 is 0 Å². The fourth-order valence-electron chi connectivity index (χ4n) is 3.22. The lowest BCUT2D eigenvalue weighted by molar-refractivity contribution is -0.121. The molecule has 2 aromatic heterocycles. The van der Waals surface area contributed by atoms with E-state index in [1.54, 1.807) is 6.20 Å². The van der Waals surface area contributed by atoms with Crippen molar-refractivity contribution >= 4 is 16.7 Å². The Hall–Kier alpha value is -2.89. The number of hydrogen-bond donors (Lipinski definition) is 1. The summed E-state index contributed by atoms with van der Waals surface area (Å²) in [5, 5.41) is 8.46. The summed E-state index contributed by atoms with van der Waals surface area (Å²) in [7, 11) is 0. The number of aryl methyl sites for hydroxylation is 2. The first kappa shape index (κ1) is 17.9. The Labute approximate surface area is 152 Å². The van der Waals surface area contributed by atoms with Crippen LogP contribution >= 0.6 is 0 Å². The summed E-state index contributed by atoms with van der Waals surface area (Å²) in [6.45, 7) is 7.17. The monoisotopic (exact) mass is 352 g/mol. The smallest absolute Gasteiger partial charge is 0.276 e. The Morgan fingerprint density at radius 2 is 1.88 bits per heavy atom. The number of amides is 1. The Balaban J connectivity index is 1.99. The first-order valence-corrected chi connectivity index (χ1v) is 8.89. The van der Waals surface area contributed by atoms with Gasteiger partial charge in [0, 0.05) is 29.9 Å². The van der Waals surface area contributed by atoms with Gasteiger partial charge in [-0.05, 0) is 25.8 Å². The minimum Gasteiger partial charge on any atom is -0.355 e. The normalized spacial score (nSPS) is 11.0. The average molecular weight is 352 g/mol. The van der Waals surface area contributed by atoms with Gasteiger partial charge in [-0.3, -0.25) is 9.59 Å². The van der Waals surface area contributed by atoms with Crippen molar-refractivity contribution in [3.8, 4) is 0 Å². The standard InChI is InChI=1S/C20H24N4O2/c1-4-10-21-18(25)13-24-20(26)19-15(3)23(14(2)17(19)11-22-24)12-16-8-6-5-7-9-16/h5-9,11H,4,10,12-13H2,1-3H3,(H,21,25). The van der Waals surface area contributed by atoms with Crippen LogP contribution in [0.3, 0.4) is 0 Å². The van der Waals surface area contributed by atoms with Gasteiger partial charge in [-0.25, -0.2) is 4.68 Å². The average Bonchev–Trinajstić information content (AvgIpc) is 2.88. The van der Waals surface area contributed by atoms with E-state index in [-0.39, 0.29) is 18.0 Å². The second-order valence-electron chi connectivity index (χ2n) is 6.49. The lowest BCUT2D eigenvalue weighted by Crippen LogP contribution is -2.34. The number of aromatic nitrogens is 3. The topological polar surface area (TPSA) is 68.9 Å². The maximum absolute atomic E-state index is 12.9. The molecule has 1 N–H and O–H groups in total. The zero-order valence-corrected chi connectivity index (χ0v) is 15.5. The Morgan fingerprint density at radius 1 is 1.15 bits per heavy atom. The van der Waals surface area contributed by atoms with E-state index in [1.807, 2.05) is 39.0 Å². The van der Waals surface area contributed by atoms with Gasteiger partial charge in [-0.1, -0.05) is 37.3 Å². The van der Waals surface area contributed by atoms with Crippen molar-refractivity contribution in [1.29, 1.82) is 0 Å². The lowest BCUT2D eigenvalue weighted by atomic mass is 10.2. The molecule has 6 heteroatoms. The molecule has 0 fully saturated rings. The van der Waals surface area contributed by atoms with Gasteiger partial charge in [0.2, 0.25) is 5.91 Å². The lowest BCUT2D eigenvalue weighted by Gasteiger charge is -2.09. The molecule has 0 aliphatic heterocycles. The van der Waals surface area contributed by atoms with Crippen molar-refractivity contribution < 1.29 is 4.79 Å². The number of hydrogen-bond acceptors (Lipinski definition) is 3. The summed E-state index contributed by atoms with van der Waals surface area (Å²) in [5.41, 5.74) is 2.86. The quantitative estimate of drug-likeness (QED) is 0.741. The van der Waals surface area contributed by atoms with Gasteiger partial charge in [0.1, 0.15) is 6.54 Å². The number of fused-ring (bicyclic) bond motifs is 1. The molecule has 0 saturated heterocycles. The Kier molecular flexibility index (Phi) is 5.21. The molecule has 0 radical (unpaired) electrons. The number of nitrogens with zero attached hydrogens (tertiary/aromatic N) is 3. The van der Waals surface area contributed by atoms with E-state index in [0.717, 1.165) is 23.2 Å². The summed E-state index contributed by atoms with van der Waals surface area (Å²) in [5.74, 6) is -0.195. The van der Waals surface area contributed by atoms with Crippen molar-refractivity contribution in [2.45, 2.75) is 40.3 Å². The van der Waals surface area contributed by atoms with Crippen molar-refractivity contribution in [1.82, 2.24) is 19.7 Å². The number of benzene rings is 1. The fraction of sp³-hybridized carbons (Fsp3) is 0.350. The molecule has 136 valence electrons. The van der Waals surface area contributed by atoms with E-state index < -0.39 is 0 Å². The molecule has 0 atom stereocenters. The van der Waals surface area contributed by atoms with E-state index in [9.17, 15) is 9.59 Å². The molecule has 0 spiro atoms. The summed E-state index contributed by atoms with van der Waals surface area (Å²) < 4.78 is 3.37. The summed E-state index contributed by atoms with van der Waals surface area (Å²) >= 11 is 0. The second kappa shape index (κ2) is 7.56. The van der Waals surface area contributed by atoms with Crippen LogP contribution in [-0.2, 0) is 17.9 Å². The van der Waals surface area contributed by atoms with Crippen molar-refractivity contribution in [3.63, 3.8) is 0 Å². The molecule has 0 unspecified atom stereocenters. The van der Waals surface area contributed by atoms with Crippen LogP contribution in [0.1, 0.15) is 30.3 Å². The molecule has 3 rings (SSSR count). The van der Waals surface area contributed by atoms with Gasteiger partial charge in [0.05, 0.1) is 11.6 Å². The SMILES string of the molecule is CCCNC(=O)Cn1ncc2c(C)n(Cc3ccccc3)c(C)c2c1=O. The van der Waals surface area contributed by atoms with Crippen LogP contribution in [0.15, 0.2) is 41.3 Å². The van der Waals surface area contributed by atoms with Crippen molar-refractivity contribution in [3.05, 3.63) is 63.8 Å². The zero-order chi connectivity index (χ0) is 18.7. The molecule has 1 amide bonds. The highest BCUT2D eigenvalue weighted by atomic mass is 16.2. The van der Waals surface area contributed by atoms with E-state index in [1.165, 1.54) is 10.2 Å². The molecule has 0 aliphatic carbocycles. The van der Waals surface area contributed by atoms with Crippen molar-refractivity contribution in [2.75, 3.05) is 6.54 Å². The van der Waals surface area contributed by atoms with E-state index in [0.29, 0.717) is 18.5 Å². The summed E-state index contributed by atoms with van der Waals surface area (Å²) in [4.78, 5) is 24.8. The largest absolute Gasteiger partial charge is 0.355 e. The molecular formula is C20H24N4O2.